The second kappa shape index (κ2) is 22.2. The normalized spacial score (nSPS) is 21.8. The fraction of sp³-hybridized carbons (Fsp3) is 0.491. The second-order valence-electron chi connectivity index (χ2n) is 21.6. The Balaban J connectivity index is 0.671. The van der Waals surface area contributed by atoms with E-state index >= 15 is 4.39 Å². The molecule has 5 aromatic rings. The van der Waals surface area contributed by atoms with Crippen LogP contribution in [0.3, 0.4) is 0 Å². The third-order valence-electron chi connectivity index (χ3n) is 16.5. The van der Waals surface area contributed by atoms with Crippen molar-refractivity contribution in [3.8, 4) is 11.1 Å². The Morgan fingerprint density at radius 1 is 0.770 bits per heavy atom. The van der Waals surface area contributed by atoms with Crippen molar-refractivity contribution in [1.29, 1.82) is 0 Å². The number of carbonyl (C=O) groups excluding carboxylic acids is 4. The number of ether oxygens (including phenoxy) is 1. The number of likely N-dealkylation sites (tertiary alicyclic amines) is 1. The van der Waals surface area contributed by atoms with Crippen LogP contribution >= 0.6 is 0 Å². The van der Waals surface area contributed by atoms with Crippen LogP contribution in [0.15, 0.2) is 83.8 Å². The molecule has 2 bridgehead atoms. The molecule has 7 heterocycles. The summed E-state index contributed by atoms with van der Waals surface area (Å²) in [5.74, 6) is -0.921. The van der Waals surface area contributed by atoms with Crippen molar-refractivity contribution >= 4 is 40.1 Å². The molecule has 0 atom stereocenters. The van der Waals surface area contributed by atoms with Crippen LogP contribution in [0.4, 0.5) is 10.1 Å². The largest absolute Gasteiger partial charge is 0.375 e. The number of anilines is 1. The van der Waals surface area contributed by atoms with Gasteiger partial charge in [-0.3, -0.25) is 33.8 Å². The number of hydrogen-bond acceptors (Lipinski definition) is 11. The number of aromatic amines is 1. The molecule has 6 aliphatic rings. The lowest BCUT2D eigenvalue weighted by Crippen LogP contribution is -2.53. The van der Waals surface area contributed by atoms with Gasteiger partial charge in [0.1, 0.15) is 5.82 Å². The second-order valence-corrected chi connectivity index (χ2v) is 21.6. The number of piperidine rings is 1. The highest BCUT2D eigenvalue weighted by molar-refractivity contribution is 6.03. The van der Waals surface area contributed by atoms with Gasteiger partial charge in [0.15, 0.2) is 5.69 Å². The first kappa shape index (κ1) is 51.1. The van der Waals surface area contributed by atoms with Crippen LogP contribution in [0.5, 0.6) is 0 Å². The monoisotopic (exact) mass is 1010 g/mol. The zero-order chi connectivity index (χ0) is 51.4. The molecule has 0 radical (unpaired) electrons. The average Bonchev–Trinajstić information content (AvgIpc) is 3.43. The van der Waals surface area contributed by atoms with Crippen molar-refractivity contribution in [2.75, 3.05) is 104 Å². The van der Waals surface area contributed by atoms with Gasteiger partial charge in [0.2, 0.25) is 11.8 Å². The molecular weight excluding hydrogens is 940 g/mol. The minimum absolute atomic E-state index is 0.00469. The molecule has 4 amide bonds. The fourth-order valence-electron chi connectivity index (χ4n) is 11.6. The summed E-state index contributed by atoms with van der Waals surface area (Å²) in [7, 11) is 0. The Labute approximate surface area is 432 Å². The molecule has 17 heteroatoms. The van der Waals surface area contributed by atoms with Crippen molar-refractivity contribution in [2.45, 2.75) is 70.8 Å². The molecular formula is C57H69FN10O6. The highest BCUT2D eigenvalue weighted by atomic mass is 19.1. The number of pyridine rings is 1. The zero-order valence-electron chi connectivity index (χ0n) is 42.8. The smallest absolute Gasteiger partial charge is 0.274 e. The summed E-state index contributed by atoms with van der Waals surface area (Å²) in [6.45, 7) is 12.7. The summed E-state index contributed by atoms with van der Waals surface area (Å²) >= 11 is 0. The summed E-state index contributed by atoms with van der Waals surface area (Å²) < 4.78 is 21.3. The summed E-state index contributed by atoms with van der Waals surface area (Å²) in [4.78, 5) is 81.8. The molecule has 5 aliphatic heterocycles. The van der Waals surface area contributed by atoms with Crippen molar-refractivity contribution < 1.29 is 28.3 Å². The van der Waals surface area contributed by atoms with Gasteiger partial charge in [0, 0.05) is 94.4 Å². The van der Waals surface area contributed by atoms with E-state index in [2.05, 4.69) is 56.6 Å². The van der Waals surface area contributed by atoms with Crippen LogP contribution in [0, 0.1) is 17.2 Å². The Kier molecular flexibility index (Phi) is 15.3. The van der Waals surface area contributed by atoms with E-state index in [0.717, 1.165) is 88.8 Å². The van der Waals surface area contributed by atoms with Gasteiger partial charge in [-0.2, -0.15) is 5.10 Å². The number of nitrogens with zero attached hydrogens (tertiary/aromatic N) is 7. The van der Waals surface area contributed by atoms with E-state index in [9.17, 15) is 24.0 Å². The van der Waals surface area contributed by atoms with Gasteiger partial charge in [-0.25, -0.2) is 14.5 Å². The average molecular weight is 1010 g/mol. The number of fused-ring (bicyclic) bond motifs is 4. The molecule has 0 spiro atoms. The molecule has 390 valence electrons. The minimum atomic E-state index is -0.608. The lowest BCUT2D eigenvalue weighted by atomic mass is 9.66. The molecule has 3 N–H and O–H groups in total. The topological polar surface area (TPSA) is 176 Å². The highest BCUT2D eigenvalue weighted by Crippen LogP contribution is 2.48. The summed E-state index contributed by atoms with van der Waals surface area (Å²) in [5.41, 5.74) is 4.74. The lowest BCUT2D eigenvalue weighted by Gasteiger charge is -2.52. The summed E-state index contributed by atoms with van der Waals surface area (Å²) in [5, 5.41) is 14.5. The summed E-state index contributed by atoms with van der Waals surface area (Å²) in [6.07, 6.45) is 9.14. The Hall–Kier alpha value is -6.40. The fourth-order valence-corrected chi connectivity index (χ4v) is 11.6. The van der Waals surface area contributed by atoms with Gasteiger partial charge in [-0.15, -0.1) is 0 Å². The molecule has 1 aliphatic carbocycles. The third kappa shape index (κ3) is 11.6. The molecule has 6 fully saturated rings. The quantitative estimate of drug-likeness (QED) is 0.119. The van der Waals surface area contributed by atoms with Crippen LogP contribution in [-0.2, 0) is 27.2 Å². The van der Waals surface area contributed by atoms with E-state index < -0.39 is 11.7 Å². The molecule has 11 rings (SSSR count). The molecule has 74 heavy (non-hydrogen) atoms. The molecule has 16 nitrogen and oxygen atoms in total. The van der Waals surface area contributed by atoms with Crippen molar-refractivity contribution in [1.82, 2.24) is 45.0 Å². The lowest BCUT2D eigenvalue weighted by molar-refractivity contribution is -0.172. The highest BCUT2D eigenvalue weighted by Gasteiger charge is 2.47. The third-order valence-corrected chi connectivity index (χ3v) is 16.5. The van der Waals surface area contributed by atoms with Crippen molar-refractivity contribution in [3.63, 3.8) is 0 Å². The van der Waals surface area contributed by atoms with E-state index in [0.29, 0.717) is 99.0 Å². The summed E-state index contributed by atoms with van der Waals surface area (Å²) in [6, 6.07) is 21.8. The van der Waals surface area contributed by atoms with Crippen LogP contribution in [0.25, 0.3) is 21.9 Å². The molecule has 5 saturated heterocycles. The van der Waals surface area contributed by atoms with Gasteiger partial charge in [-0.05, 0) is 112 Å². The number of aromatic nitrogens is 3. The number of aryl methyl sites for hydroxylation is 1. The number of carbonyl (C=O) groups is 4. The number of rotatable bonds is 15. The van der Waals surface area contributed by atoms with Crippen LogP contribution in [-0.4, -0.2) is 167 Å². The number of nitrogens with one attached hydrogen (secondary N) is 3. The molecule has 1 saturated carbocycles. The maximum atomic E-state index is 15.1. The Morgan fingerprint density at radius 2 is 1.49 bits per heavy atom. The standard InChI is InChI=1S/C57H69FN10O6/c1-3-39-7-6-8-42(29-39)43-32-49(61-50(69)34-59-37-57-17-15-56(2,16-18-57)74-38-57)52(60-33-43)55(73)68-23-21-65(22-24-68)35-40-13-19-64(20-14-40)36-51(70)66-25-27-67(28-26-66)54(72)46-30-41(11-12-47(46)58)31-48-44-9-4-5-10-45(44)53(71)63-62-48/h4-12,29-30,32-33,40,59H,3,13-28,31,34-38H2,1-2H3,(H,61,69)(H,63,71). The predicted octanol–water partition coefficient (Wildman–Crippen LogP) is 5.61. The predicted molar refractivity (Wildman–Crippen MR) is 281 cm³/mol. The number of amides is 4. The van der Waals surface area contributed by atoms with Crippen LogP contribution < -0.4 is 16.2 Å². The first-order chi connectivity index (χ1) is 35.8. The Morgan fingerprint density at radius 3 is 2.22 bits per heavy atom. The number of halogens is 1. The molecule has 0 unspecified atom stereocenters. The van der Waals surface area contributed by atoms with Crippen molar-refractivity contribution in [2.24, 2.45) is 11.3 Å². The van der Waals surface area contributed by atoms with E-state index in [-0.39, 0.29) is 52.1 Å². The van der Waals surface area contributed by atoms with Gasteiger partial charge in [0.25, 0.3) is 17.4 Å². The minimum Gasteiger partial charge on any atom is -0.375 e. The van der Waals surface area contributed by atoms with E-state index in [1.54, 1.807) is 40.3 Å². The molecule has 2 aromatic heterocycles. The van der Waals surface area contributed by atoms with Crippen molar-refractivity contribution in [3.05, 3.63) is 123 Å². The maximum absolute atomic E-state index is 15.1. The van der Waals surface area contributed by atoms with E-state index in [4.69, 9.17) is 9.72 Å². The maximum Gasteiger partial charge on any atom is 0.274 e. The SMILES string of the molecule is CCc1cccc(-c2cnc(C(=O)N3CCN(CC4CCN(CC(=O)N5CCN(C(=O)c6cc(Cc7n[nH]c(=O)c8ccccc78)ccc6F)CC5)CC4)CC3)c(NC(=O)CNCC34CCC(C)(CC3)OC4)c2)c1. The number of benzene rings is 3. The van der Waals surface area contributed by atoms with E-state index in [1.165, 1.54) is 11.6 Å². The number of H-pyrrole nitrogens is 1. The van der Waals surface area contributed by atoms with Gasteiger partial charge in [-0.1, -0.05) is 55.5 Å². The number of piperazine rings is 2. The van der Waals surface area contributed by atoms with Crippen LogP contribution in [0.2, 0.25) is 0 Å². The van der Waals surface area contributed by atoms with Gasteiger partial charge < -0.3 is 30.1 Å². The zero-order valence-corrected chi connectivity index (χ0v) is 42.8. The van der Waals surface area contributed by atoms with Crippen LogP contribution in [0.1, 0.15) is 90.0 Å². The first-order valence-corrected chi connectivity index (χ1v) is 26.6. The number of hydrogen-bond donors (Lipinski definition) is 3. The Bertz CT molecular complexity index is 2920. The van der Waals surface area contributed by atoms with E-state index in [1.807, 2.05) is 35.2 Å². The van der Waals surface area contributed by atoms with Gasteiger partial charge >= 0.3 is 0 Å². The van der Waals surface area contributed by atoms with Gasteiger partial charge in [0.05, 0.1) is 47.6 Å². The first-order valence-electron chi connectivity index (χ1n) is 26.6. The molecule has 3 aromatic carbocycles.